The topological polar surface area (TPSA) is 58.6 Å². The Balaban J connectivity index is 1.90. The fourth-order valence-corrected chi connectivity index (χ4v) is 4.09. The Morgan fingerprint density at radius 3 is 2.00 bits per heavy atom. The summed E-state index contributed by atoms with van der Waals surface area (Å²) >= 11 is 0. The van der Waals surface area contributed by atoms with Crippen molar-refractivity contribution in [1.29, 1.82) is 0 Å². The van der Waals surface area contributed by atoms with Crippen molar-refractivity contribution < 1.29 is 14.3 Å². The summed E-state index contributed by atoms with van der Waals surface area (Å²) in [7, 11) is 1.62. The van der Waals surface area contributed by atoms with Crippen molar-refractivity contribution in [2.45, 2.75) is 45.7 Å². The van der Waals surface area contributed by atoms with E-state index in [9.17, 15) is 9.59 Å². The normalized spacial score (nSPS) is 11.8. The van der Waals surface area contributed by atoms with Gasteiger partial charge in [-0.1, -0.05) is 86.6 Å². The van der Waals surface area contributed by atoms with Crippen LogP contribution in [0.4, 0.5) is 0 Å². The van der Waals surface area contributed by atoms with E-state index in [1.54, 1.807) is 18.9 Å². The summed E-state index contributed by atoms with van der Waals surface area (Å²) in [6.07, 6.45) is 0.264. The van der Waals surface area contributed by atoms with E-state index in [1.165, 1.54) is 0 Å². The lowest BCUT2D eigenvalue weighted by Gasteiger charge is -2.31. The zero-order valence-corrected chi connectivity index (χ0v) is 21.1. The number of amides is 2. The number of carbonyl (C=O) groups excluding carboxylic acids is 2. The first kappa shape index (κ1) is 26.0. The zero-order chi connectivity index (χ0) is 25.2. The van der Waals surface area contributed by atoms with Crippen LogP contribution in [0.25, 0.3) is 0 Å². The third kappa shape index (κ3) is 7.44. The molecule has 3 aromatic carbocycles. The highest BCUT2D eigenvalue weighted by atomic mass is 16.5. The number of carbonyl (C=O) groups is 2. The fourth-order valence-electron chi connectivity index (χ4n) is 4.09. The number of hydrogen-bond donors (Lipinski definition) is 1. The minimum atomic E-state index is -0.611. The van der Waals surface area contributed by atoms with Crippen LogP contribution < -0.4 is 10.1 Å². The lowest BCUT2D eigenvalue weighted by atomic mass is 9.88. The van der Waals surface area contributed by atoms with E-state index >= 15 is 0 Å². The summed E-state index contributed by atoms with van der Waals surface area (Å²) in [6.45, 7) is 6.79. The van der Waals surface area contributed by atoms with Crippen LogP contribution in [0, 0.1) is 5.92 Å². The minimum absolute atomic E-state index is 0.0716. The molecular weight excluding hydrogens is 436 g/mol. The standard InChI is InChI=1S/C30H36N2O3/c1-22(2)20-31-30(34)23(3)32(21-24-12-11-17-27(18-24)35-4)29(33)19-28(25-13-7-5-8-14-25)26-15-9-6-10-16-26/h5-18,22-23,28H,19-21H2,1-4H3,(H,31,34)/t23-/m1/s1. The Labute approximate surface area is 209 Å². The van der Waals surface area contributed by atoms with Gasteiger partial charge >= 0.3 is 0 Å². The van der Waals surface area contributed by atoms with E-state index in [0.29, 0.717) is 19.0 Å². The number of hydrogen-bond acceptors (Lipinski definition) is 3. The van der Waals surface area contributed by atoms with Gasteiger partial charge in [0, 0.05) is 25.4 Å². The Morgan fingerprint density at radius 1 is 0.857 bits per heavy atom. The van der Waals surface area contributed by atoms with Crippen molar-refractivity contribution in [1.82, 2.24) is 10.2 Å². The van der Waals surface area contributed by atoms with Gasteiger partial charge in [0.1, 0.15) is 11.8 Å². The van der Waals surface area contributed by atoms with Crippen molar-refractivity contribution >= 4 is 11.8 Å². The summed E-state index contributed by atoms with van der Waals surface area (Å²) in [5.41, 5.74) is 3.06. The first-order valence-corrected chi connectivity index (χ1v) is 12.2. The monoisotopic (exact) mass is 472 g/mol. The SMILES string of the molecule is COc1cccc(CN(C(=O)CC(c2ccccc2)c2ccccc2)[C@H](C)C(=O)NCC(C)C)c1. The number of ether oxygens (including phenoxy) is 1. The molecule has 0 heterocycles. The predicted molar refractivity (Wildman–Crippen MR) is 140 cm³/mol. The maximum Gasteiger partial charge on any atom is 0.242 e. The molecule has 5 nitrogen and oxygen atoms in total. The highest BCUT2D eigenvalue weighted by molar-refractivity contribution is 5.87. The summed E-state index contributed by atoms with van der Waals surface area (Å²) < 4.78 is 5.37. The highest BCUT2D eigenvalue weighted by Crippen LogP contribution is 2.29. The number of rotatable bonds is 11. The molecule has 3 rings (SSSR count). The largest absolute Gasteiger partial charge is 0.497 e. The summed E-state index contributed by atoms with van der Waals surface area (Å²) in [5.74, 6) is 0.722. The number of methoxy groups -OCH3 is 1. The maximum atomic E-state index is 13.9. The summed E-state index contributed by atoms with van der Waals surface area (Å²) in [4.78, 5) is 28.5. The smallest absolute Gasteiger partial charge is 0.242 e. The minimum Gasteiger partial charge on any atom is -0.497 e. The van der Waals surface area contributed by atoms with E-state index in [-0.39, 0.29) is 24.2 Å². The van der Waals surface area contributed by atoms with Crippen LogP contribution in [-0.4, -0.2) is 36.4 Å². The molecule has 0 fully saturated rings. The van der Waals surface area contributed by atoms with E-state index in [2.05, 4.69) is 43.4 Å². The van der Waals surface area contributed by atoms with Gasteiger partial charge in [-0.25, -0.2) is 0 Å². The summed E-state index contributed by atoms with van der Waals surface area (Å²) in [6, 6.07) is 27.1. The van der Waals surface area contributed by atoms with Gasteiger partial charge in [0.05, 0.1) is 7.11 Å². The maximum absolute atomic E-state index is 13.9. The molecule has 0 spiro atoms. The van der Waals surface area contributed by atoms with Gasteiger partial charge in [-0.05, 0) is 41.7 Å². The first-order chi connectivity index (χ1) is 16.9. The second-order valence-corrected chi connectivity index (χ2v) is 9.27. The highest BCUT2D eigenvalue weighted by Gasteiger charge is 2.29. The Hall–Kier alpha value is -3.60. The van der Waals surface area contributed by atoms with Gasteiger partial charge in [0.15, 0.2) is 0 Å². The van der Waals surface area contributed by atoms with E-state index in [1.807, 2.05) is 60.7 Å². The van der Waals surface area contributed by atoms with Crippen LogP contribution in [0.5, 0.6) is 5.75 Å². The quantitative estimate of drug-likeness (QED) is 0.406. The van der Waals surface area contributed by atoms with E-state index < -0.39 is 6.04 Å². The molecule has 0 aliphatic carbocycles. The Bertz CT molecular complexity index is 1040. The van der Waals surface area contributed by atoms with Gasteiger partial charge in [0.25, 0.3) is 0 Å². The molecule has 35 heavy (non-hydrogen) atoms. The molecule has 3 aromatic rings. The summed E-state index contributed by atoms with van der Waals surface area (Å²) in [5, 5.41) is 2.98. The van der Waals surface area contributed by atoms with Crippen molar-refractivity contribution in [2.75, 3.05) is 13.7 Å². The average molecular weight is 473 g/mol. The molecule has 0 unspecified atom stereocenters. The van der Waals surface area contributed by atoms with Crippen molar-refractivity contribution in [3.63, 3.8) is 0 Å². The molecule has 1 atom stereocenters. The number of nitrogens with one attached hydrogen (secondary N) is 1. The van der Waals surface area contributed by atoms with Crippen LogP contribution in [0.3, 0.4) is 0 Å². The van der Waals surface area contributed by atoms with Crippen LogP contribution in [-0.2, 0) is 16.1 Å². The molecular formula is C30H36N2O3. The van der Waals surface area contributed by atoms with Gasteiger partial charge in [-0.3, -0.25) is 9.59 Å². The molecule has 5 heteroatoms. The van der Waals surface area contributed by atoms with Gasteiger partial charge in [0.2, 0.25) is 11.8 Å². The van der Waals surface area contributed by atoms with Gasteiger partial charge in [-0.15, -0.1) is 0 Å². The molecule has 0 aliphatic heterocycles. The van der Waals surface area contributed by atoms with Gasteiger partial charge < -0.3 is 15.0 Å². The van der Waals surface area contributed by atoms with Crippen molar-refractivity contribution in [3.05, 3.63) is 102 Å². The fraction of sp³-hybridized carbons (Fsp3) is 0.333. The Morgan fingerprint density at radius 2 is 1.46 bits per heavy atom. The molecule has 1 N–H and O–H groups in total. The number of benzene rings is 3. The van der Waals surface area contributed by atoms with Crippen molar-refractivity contribution in [3.8, 4) is 5.75 Å². The van der Waals surface area contributed by atoms with E-state index in [4.69, 9.17) is 4.74 Å². The molecule has 2 amide bonds. The molecule has 0 bridgehead atoms. The average Bonchev–Trinajstić information content (AvgIpc) is 2.89. The second kappa shape index (κ2) is 12.7. The molecule has 184 valence electrons. The molecule has 0 saturated carbocycles. The lowest BCUT2D eigenvalue weighted by Crippen LogP contribution is -2.48. The van der Waals surface area contributed by atoms with E-state index in [0.717, 1.165) is 22.4 Å². The zero-order valence-electron chi connectivity index (χ0n) is 21.1. The third-order valence-corrected chi connectivity index (χ3v) is 6.12. The van der Waals surface area contributed by atoms with Crippen LogP contribution >= 0.6 is 0 Å². The van der Waals surface area contributed by atoms with Crippen LogP contribution in [0.15, 0.2) is 84.9 Å². The van der Waals surface area contributed by atoms with Gasteiger partial charge in [-0.2, -0.15) is 0 Å². The lowest BCUT2D eigenvalue weighted by molar-refractivity contribution is -0.140. The molecule has 0 radical (unpaired) electrons. The molecule has 0 aromatic heterocycles. The third-order valence-electron chi connectivity index (χ3n) is 6.12. The first-order valence-electron chi connectivity index (χ1n) is 12.2. The molecule has 0 aliphatic rings. The van der Waals surface area contributed by atoms with Crippen LogP contribution in [0.2, 0.25) is 0 Å². The van der Waals surface area contributed by atoms with Crippen LogP contribution in [0.1, 0.15) is 49.8 Å². The van der Waals surface area contributed by atoms with Crippen molar-refractivity contribution in [2.24, 2.45) is 5.92 Å². The molecule has 0 saturated heterocycles. The number of nitrogens with zero attached hydrogens (tertiary/aromatic N) is 1. The Kier molecular flexibility index (Phi) is 9.47. The second-order valence-electron chi connectivity index (χ2n) is 9.27. The predicted octanol–water partition coefficient (Wildman–Crippen LogP) is 5.41.